The molecule has 1 aliphatic rings. The monoisotopic (exact) mass is 483 g/mol. The average Bonchev–Trinajstić information content (AvgIpc) is 3.19. The maximum Gasteiger partial charge on any atom is 0.257 e. The summed E-state index contributed by atoms with van der Waals surface area (Å²) in [6.45, 7) is 5.98. The number of carbonyl (C=O) groups is 2. The van der Waals surface area contributed by atoms with Crippen molar-refractivity contribution in [1.82, 2.24) is 10.3 Å². The Hall–Kier alpha value is -3.57. The summed E-state index contributed by atoms with van der Waals surface area (Å²) in [6.07, 6.45) is 1.43. The summed E-state index contributed by atoms with van der Waals surface area (Å²) in [4.78, 5) is 35.5. The zero-order valence-electron chi connectivity index (χ0n) is 19.1. The number of aromatic nitrogens is 1. The molecule has 0 spiro atoms. The van der Waals surface area contributed by atoms with Gasteiger partial charge in [0.1, 0.15) is 5.82 Å². The number of hydrogen-bond donors (Lipinski definition) is 4. The van der Waals surface area contributed by atoms with Gasteiger partial charge in [-0.15, -0.1) is 0 Å². The lowest BCUT2D eigenvalue weighted by atomic mass is 10.1. The Morgan fingerprint density at radius 2 is 2.15 bits per heavy atom. The minimum Gasteiger partial charge on any atom is -0.396 e. The zero-order valence-corrected chi connectivity index (χ0v) is 19.9. The smallest absolute Gasteiger partial charge is 0.257 e. The standard InChI is InChI=1S/C23H26FN7O2S/c1-12-11-31(7-6-27-12)18-5-4-16(20-21(18)34-23(30-20)28-13(2)32)22(33)29-15-8-14(10-26-3)19(25)17(24)9-15/h4-5,8-10,12,27H,6-7,11,25H2,1-3H3,(H,29,33)(H,28,30,32). The van der Waals surface area contributed by atoms with Crippen molar-refractivity contribution in [2.75, 3.05) is 47.9 Å². The van der Waals surface area contributed by atoms with Crippen molar-refractivity contribution in [2.45, 2.75) is 19.9 Å². The number of amides is 2. The number of hydrogen-bond acceptors (Lipinski definition) is 8. The van der Waals surface area contributed by atoms with Crippen molar-refractivity contribution in [1.29, 1.82) is 0 Å². The lowest BCUT2D eigenvalue weighted by Crippen LogP contribution is -2.49. The molecule has 2 heterocycles. The Kier molecular flexibility index (Phi) is 6.75. The quantitative estimate of drug-likeness (QED) is 0.327. The molecule has 0 aliphatic carbocycles. The summed E-state index contributed by atoms with van der Waals surface area (Å²) in [5.74, 6) is -1.35. The summed E-state index contributed by atoms with van der Waals surface area (Å²) in [6, 6.07) is 6.64. The van der Waals surface area contributed by atoms with E-state index in [0.29, 0.717) is 27.8 Å². The van der Waals surface area contributed by atoms with Gasteiger partial charge in [0.25, 0.3) is 5.91 Å². The van der Waals surface area contributed by atoms with Gasteiger partial charge in [-0.2, -0.15) is 0 Å². The molecule has 1 saturated heterocycles. The minimum atomic E-state index is -0.650. The third kappa shape index (κ3) is 4.85. The van der Waals surface area contributed by atoms with Crippen LogP contribution in [-0.4, -0.2) is 55.7 Å². The van der Waals surface area contributed by atoms with Crippen LogP contribution in [0.2, 0.25) is 0 Å². The van der Waals surface area contributed by atoms with Gasteiger partial charge in [-0.05, 0) is 31.2 Å². The number of benzene rings is 2. The number of fused-ring (bicyclic) bond motifs is 1. The van der Waals surface area contributed by atoms with Gasteiger partial charge in [0.15, 0.2) is 5.13 Å². The van der Waals surface area contributed by atoms with E-state index in [2.05, 4.69) is 37.8 Å². The van der Waals surface area contributed by atoms with E-state index in [0.717, 1.165) is 36.1 Å². The summed E-state index contributed by atoms with van der Waals surface area (Å²) in [7, 11) is 1.55. The molecule has 34 heavy (non-hydrogen) atoms. The number of nitrogens with one attached hydrogen (secondary N) is 3. The molecule has 2 aromatic carbocycles. The van der Waals surface area contributed by atoms with E-state index in [1.165, 1.54) is 24.5 Å². The van der Waals surface area contributed by atoms with E-state index >= 15 is 0 Å². The summed E-state index contributed by atoms with van der Waals surface area (Å²) >= 11 is 1.32. The van der Waals surface area contributed by atoms with Gasteiger partial charge in [-0.3, -0.25) is 14.6 Å². The molecule has 178 valence electrons. The number of nitrogens with two attached hydrogens (primary N) is 1. The van der Waals surface area contributed by atoms with Crippen LogP contribution in [0.3, 0.4) is 0 Å². The zero-order chi connectivity index (χ0) is 24.4. The van der Waals surface area contributed by atoms with Crippen molar-refractivity contribution >= 4 is 61.8 Å². The van der Waals surface area contributed by atoms with E-state index in [4.69, 9.17) is 5.73 Å². The average molecular weight is 484 g/mol. The van der Waals surface area contributed by atoms with E-state index in [9.17, 15) is 14.0 Å². The summed E-state index contributed by atoms with van der Waals surface area (Å²) in [5.41, 5.74) is 8.08. The van der Waals surface area contributed by atoms with Crippen LogP contribution in [-0.2, 0) is 4.79 Å². The second-order valence-corrected chi connectivity index (χ2v) is 9.11. The van der Waals surface area contributed by atoms with Crippen molar-refractivity contribution < 1.29 is 14.0 Å². The number of thiazole rings is 1. The fourth-order valence-corrected chi connectivity index (χ4v) is 5.02. The fraction of sp³-hybridized carbons (Fsp3) is 0.304. The maximum absolute atomic E-state index is 14.3. The van der Waals surface area contributed by atoms with E-state index < -0.39 is 11.7 Å². The highest BCUT2D eigenvalue weighted by Crippen LogP contribution is 2.37. The Morgan fingerprint density at radius 3 is 2.85 bits per heavy atom. The molecular weight excluding hydrogens is 457 g/mol. The molecule has 5 N–H and O–H groups in total. The highest BCUT2D eigenvalue weighted by molar-refractivity contribution is 7.23. The topological polar surface area (TPSA) is 125 Å². The van der Waals surface area contributed by atoms with Crippen LogP contribution in [0.25, 0.3) is 10.2 Å². The minimum absolute atomic E-state index is 0.0416. The predicted octanol–water partition coefficient (Wildman–Crippen LogP) is 3.08. The Bertz CT molecular complexity index is 1290. The number of nitrogen functional groups attached to an aromatic ring is 1. The van der Waals surface area contributed by atoms with Gasteiger partial charge >= 0.3 is 0 Å². The number of anilines is 4. The molecular formula is C23H26FN7O2S. The Labute approximate surface area is 200 Å². The molecule has 0 bridgehead atoms. The maximum atomic E-state index is 14.3. The van der Waals surface area contributed by atoms with Crippen LogP contribution in [0.15, 0.2) is 29.3 Å². The third-order valence-electron chi connectivity index (χ3n) is 5.45. The van der Waals surface area contributed by atoms with Crippen LogP contribution in [0, 0.1) is 5.82 Å². The number of halogens is 1. The molecule has 1 unspecified atom stereocenters. The molecule has 1 aromatic heterocycles. The fourth-order valence-electron chi connectivity index (χ4n) is 3.94. The van der Waals surface area contributed by atoms with Gasteiger partial charge < -0.3 is 26.6 Å². The first kappa shape index (κ1) is 23.6. The lowest BCUT2D eigenvalue weighted by molar-refractivity contribution is -0.114. The van der Waals surface area contributed by atoms with E-state index in [1.54, 1.807) is 19.2 Å². The highest BCUT2D eigenvalue weighted by Gasteiger charge is 2.23. The molecule has 11 heteroatoms. The summed E-state index contributed by atoms with van der Waals surface area (Å²) in [5, 5.41) is 9.27. The molecule has 9 nitrogen and oxygen atoms in total. The molecule has 1 fully saturated rings. The highest BCUT2D eigenvalue weighted by atomic mass is 32.1. The summed E-state index contributed by atoms with van der Waals surface area (Å²) < 4.78 is 15.1. The molecule has 0 radical (unpaired) electrons. The lowest BCUT2D eigenvalue weighted by Gasteiger charge is -2.34. The molecule has 1 aliphatic heterocycles. The number of carbonyl (C=O) groups excluding carboxylic acids is 2. The van der Waals surface area contributed by atoms with Crippen LogP contribution >= 0.6 is 11.3 Å². The molecule has 4 rings (SSSR count). The molecule has 3 aromatic rings. The first-order chi connectivity index (χ1) is 16.3. The molecule has 1 atom stereocenters. The Balaban J connectivity index is 1.73. The number of piperazine rings is 1. The molecule has 0 saturated carbocycles. The first-order valence-corrected chi connectivity index (χ1v) is 11.6. The normalized spacial score (nSPS) is 16.2. The van der Waals surface area contributed by atoms with Gasteiger partial charge in [-0.25, -0.2) is 9.37 Å². The Morgan fingerprint density at radius 1 is 1.35 bits per heavy atom. The second-order valence-electron chi connectivity index (χ2n) is 8.11. The van der Waals surface area contributed by atoms with Crippen LogP contribution in [0.5, 0.6) is 0 Å². The van der Waals surface area contributed by atoms with Gasteiger partial charge in [0.2, 0.25) is 5.91 Å². The number of nitrogens with zero attached hydrogens (tertiary/aromatic N) is 3. The van der Waals surface area contributed by atoms with Crippen LogP contribution in [0.4, 0.5) is 26.6 Å². The third-order valence-corrected chi connectivity index (χ3v) is 6.44. The van der Waals surface area contributed by atoms with Crippen molar-refractivity contribution in [3.63, 3.8) is 0 Å². The number of aliphatic imine (C=N–C) groups is 1. The largest absolute Gasteiger partial charge is 0.396 e. The number of rotatable bonds is 5. The van der Waals surface area contributed by atoms with Gasteiger partial charge in [0.05, 0.1) is 27.2 Å². The predicted molar refractivity (Wildman–Crippen MR) is 136 cm³/mol. The van der Waals surface area contributed by atoms with E-state index in [-0.39, 0.29) is 17.3 Å². The van der Waals surface area contributed by atoms with Crippen LogP contribution < -0.4 is 26.6 Å². The van der Waals surface area contributed by atoms with E-state index in [1.807, 2.05) is 6.07 Å². The SMILES string of the molecule is CN=Cc1cc(NC(=O)c2ccc(N3CCNC(C)C3)c3sc(NC(C)=O)nc23)cc(F)c1N. The molecule has 2 amide bonds. The second kappa shape index (κ2) is 9.74. The van der Waals surface area contributed by atoms with Crippen molar-refractivity contribution in [3.8, 4) is 0 Å². The first-order valence-electron chi connectivity index (χ1n) is 10.8. The van der Waals surface area contributed by atoms with Gasteiger partial charge in [0, 0.05) is 57.1 Å². The van der Waals surface area contributed by atoms with Gasteiger partial charge in [-0.1, -0.05) is 11.3 Å². The van der Waals surface area contributed by atoms with Crippen LogP contribution in [0.1, 0.15) is 29.8 Å². The van der Waals surface area contributed by atoms with Crippen molar-refractivity contribution in [2.24, 2.45) is 4.99 Å². The van der Waals surface area contributed by atoms with Crippen molar-refractivity contribution in [3.05, 3.63) is 41.2 Å².